The smallest absolute Gasteiger partial charge is 0.0679 e. The fourth-order valence-electron chi connectivity index (χ4n) is 3.52. The largest absolute Gasteiger partial charge is 0.392 e. The van der Waals surface area contributed by atoms with Gasteiger partial charge < -0.3 is 9.67 Å². The summed E-state index contributed by atoms with van der Waals surface area (Å²) in [6.07, 6.45) is 0.736. The molecule has 2 aromatic carbocycles. The van der Waals surface area contributed by atoms with Crippen molar-refractivity contribution in [2.24, 2.45) is 0 Å². The van der Waals surface area contributed by atoms with Crippen LogP contribution in [0.25, 0.3) is 21.8 Å². The summed E-state index contributed by atoms with van der Waals surface area (Å²) in [6, 6.07) is 14.6. The van der Waals surface area contributed by atoms with E-state index in [1.54, 1.807) is 0 Å². The third-order valence-electron chi connectivity index (χ3n) is 4.62. The van der Waals surface area contributed by atoms with Crippen LogP contribution in [0.3, 0.4) is 0 Å². The van der Waals surface area contributed by atoms with Crippen LogP contribution < -0.4 is 0 Å². The van der Waals surface area contributed by atoms with Crippen molar-refractivity contribution in [3.63, 3.8) is 0 Å². The molecule has 3 aromatic rings. The molecule has 22 heavy (non-hydrogen) atoms. The van der Waals surface area contributed by atoms with Crippen LogP contribution in [0.5, 0.6) is 0 Å². The molecule has 4 rings (SSSR count). The van der Waals surface area contributed by atoms with E-state index in [-0.39, 0.29) is 6.10 Å². The second kappa shape index (κ2) is 5.58. The van der Waals surface area contributed by atoms with Crippen molar-refractivity contribution >= 4 is 33.4 Å². The molecule has 1 aromatic heterocycles. The molecule has 0 bridgehead atoms. The summed E-state index contributed by atoms with van der Waals surface area (Å²) in [5, 5.41) is 12.9. The summed E-state index contributed by atoms with van der Waals surface area (Å²) in [5.74, 6) is 0. The number of likely N-dealkylation sites (tertiary alicyclic amines) is 1. The van der Waals surface area contributed by atoms with Crippen LogP contribution in [0.15, 0.2) is 42.5 Å². The molecular weight excluding hydrogens is 296 g/mol. The van der Waals surface area contributed by atoms with Gasteiger partial charge in [-0.2, -0.15) is 0 Å². The molecule has 0 aliphatic carbocycles. The minimum atomic E-state index is -0.156. The lowest BCUT2D eigenvalue weighted by Crippen LogP contribution is -2.26. The highest BCUT2D eigenvalue weighted by Crippen LogP contribution is 2.31. The first-order valence-electron chi connectivity index (χ1n) is 7.79. The van der Waals surface area contributed by atoms with Gasteiger partial charge in [-0.1, -0.05) is 29.8 Å². The van der Waals surface area contributed by atoms with Crippen LogP contribution in [-0.4, -0.2) is 40.3 Å². The highest BCUT2D eigenvalue weighted by molar-refractivity contribution is 6.31. The van der Waals surface area contributed by atoms with E-state index in [1.807, 2.05) is 6.07 Å². The zero-order valence-corrected chi connectivity index (χ0v) is 13.1. The van der Waals surface area contributed by atoms with Crippen molar-refractivity contribution in [3.05, 3.63) is 47.5 Å². The number of rotatable bonds is 3. The van der Waals surface area contributed by atoms with Crippen molar-refractivity contribution in [1.29, 1.82) is 0 Å². The Morgan fingerprint density at radius 2 is 1.86 bits per heavy atom. The van der Waals surface area contributed by atoms with E-state index in [0.29, 0.717) is 0 Å². The zero-order chi connectivity index (χ0) is 15.1. The normalized spacial score (nSPS) is 19.5. The Balaban J connectivity index is 1.74. The maximum absolute atomic E-state index is 9.67. The maximum atomic E-state index is 9.67. The molecule has 1 fully saturated rings. The summed E-state index contributed by atoms with van der Waals surface area (Å²) in [6.45, 7) is 3.68. The van der Waals surface area contributed by atoms with Crippen molar-refractivity contribution in [1.82, 2.24) is 9.47 Å². The number of aromatic nitrogens is 1. The van der Waals surface area contributed by atoms with Gasteiger partial charge in [-0.05, 0) is 30.7 Å². The number of aliphatic hydroxyl groups is 1. The Kier molecular flexibility index (Phi) is 3.57. The second-order valence-electron chi connectivity index (χ2n) is 6.07. The van der Waals surface area contributed by atoms with Crippen LogP contribution >= 0.6 is 11.6 Å². The predicted molar refractivity (Wildman–Crippen MR) is 91.5 cm³/mol. The van der Waals surface area contributed by atoms with Crippen LogP contribution in [0.2, 0.25) is 5.02 Å². The molecular formula is C18H19ClN2O. The lowest BCUT2D eigenvalue weighted by molar-refractivity contribution is 0.175. The predicted octanol–water partition coefficient (Wildman–Crippen LogP) is 3.51. The van der Waals surface area contributed by atoms with Gasteiger partial charge in [-0.3, -0.25) is 4.90 Å². The molecule has 0 radical (unpaired) electrons. The van der Waals surface area contributed by atoms with Gasteiger partial charge >= 0.3 is 0 Å². The molecule has 1 N–H and O–H groups in total. The molecule has 1 aliphatic heterocycles. The number of β-amino-alcohol motifs (C(OH)–C–C–N with tert-alkyl or cyclic N) is 1. The van der Waals surface area contributed by atoms with E-state index < -0.39 is 0 Å². The van der Waals surface area contributed by atoms with Crippen molar-refractivity contribution in [2.45, 2.75) is 19.1 Å². The number of fused-ring (bicyclic) bond motifs is 3. The molecule has 0 spiro atoms. The SMILES string of the molecule is OC1CCN(CCn2c3ccccc3c3cc(Cl)ccc32)C1. The number of benzene rings is 2. The monoisotopic (exact) mass is 314 g/mol. The number of nitrogens with zero attached hydrogens (tertiary/aromatic N) is 2. The van der Waals surface area contributed by atoms with Gasteiger partial charge in [0.1, 0.15) is 0 Å². The summed E-state index contributed by atoms with van der Waals surface area (Å²) in [7, 11) is 0. The summed E-state index contributed by atoms with van der Waals surface area (Å²) in [5.41, 5.74) is 2.48. The van der Waals surface area contributed by atoms with Gasteiger partial charge in [0.25, 0.3) is 0 Å². The Labute approximate surface area is 134 Å². The quantitative estimate of drug-likeness (QED) is 0.801. The topological polar surface area (TPSA) is 28.4 Å². The lowest BCUT2D eigenvalue weighted by atomic mass is 10.2. The van der Waals surface area contributed by atoms with Gasteiger partial charge in [0.15, 0.2) is 0 Å². The second-order valence-corrected chi connectivity index (χ2v) is 6.51. The summed E-state index contributed by atoms with van der Waals surface area (Å²) in [4.78, 5) is 2.33. The highest BCUT2D eigenvalue weighted by Gasteiger charge is 2.20. The average Bonchev–Trinajstić information content (AvgIpc) is 3.07. The van der Waals surface area contributed by atoms with E-state index in [1.165, 1.54) is 21.8 Å². The Hall–Kier alpha value is -1.55. The zero-order valence-electron chi connectivity index (χ0n) is 12.4. The van der Waals surface area contributed by atoms with Crippen LogP contribution in [-0.2, 0) is 6.54 Å². The molecule has 1 saturated heterocycles. The van der Waals surface area contributed by atoms with E-state index in [4.69, 9.17) is 11.6 Å². The van der Waals surface area contributed by atoms with Crippen molar-refractivity contribution < 1.29 is 5.11 Å². The van der Waals surface area contributed by atoms with Crippen LogP contribution in [0, 0.1) is 0 Å². The van der Waals surface area contributed by atoms with E-state index >= 15 is 0 Å². The third-order valence-corrected chi connectivity index (χ3v) is 4.86. The Morgan fingerprint density at radius 3 is 2.68 bits per heavy atom. The van der Waals surface area contributed by atoms with Crippen molar-refractivity contribution in [3.8, 4) is 0 Å². The molecule has 1 aliphatic rings. The minimum Gasteiger partial charge on any atom is -0.392 e. The summed E-state index contributed by atoms with van der Waals surface area (Å²) < 4.78 is 2.37. The molecule has 4 heteroatoms. The first-order chi connectivity index (χ1) is 10.7. The van der Waals surface area contributed by atoms with Crippen LogP contribution in [0.4, 0.5) is 0 Å². The molecule has 2 heterocycles. The minimum absolute atomic E-state index is 0.156. The molecule has 1 unspecified atom stereocenters. The number of halogens is 1. The highest BCUT2D eigenvalue weighted by atomic mass is 35.5. The molecule has 0 amide bonds. The average molecular weight is 315 g/mol. The van der Waals surface area contributed by atoms with E-state index in [0.717, 1.165) is 37.6 Å². The fourth-order valence-corrected chi connectivity index (χ4v) is 3.70. The first kappa shape index (κ1) is 14.1. The number of hydrogen-bond acceptors (Lipinski definition) is 2. The van der Waals surface area contributed by atoms with E-state index in [9.17, 15) is 5.11 Å². The molecule has 3 nitrogen and oxygen atoms in total. The number of para-hydroxylation sites is 1. The van der Waals surface area contributed by atoms with Crippen LogP contribution in [0.1, 0.15) is 6.42 Å². The van der Waals surface area contributed by atoms with Gasteiger partial charge in [0, 0.05) is 53.0 Å². The standard InChI is InChI=1S/C18H19ClN2O/c19-13-5-6-18-16(11-13)15-3-1-2-4-17(15)21(18)10-9-20-8-7-14(22)12-20/h1-6,11,14,22H,7-10,12H2. The molecule has 114 valence electrons. The van der Waals surface area contributed by atoms with Gasteiger partial charge in [-0.15, -0.1) is 0 Å². The number of aliphatic hydroxyl groups excluding tert-OH is 1. The lowest BCUT2D eigenvalue weighted by Gasteiger charge is -2.16. The molecule has 1 atom stereocenters. The third kappa shape index (κ3) is 2.39. The maximum Gasteiger partial charge on any atom is 0.0679 e. The van der Waals surface area contributed by atoms with E-state index in [2.05, 4.69) is 45.9 Å². The van der Waals surface area contributed by atoms with Gasteiger partial charge in [0.2, 0.25) is 0 Å². The first-order valence-corrected chi connectivity index (χ1v) is 8.17. The van der Waals surface area contributed by atoms with Gasteiger partial charge in [-0.25, -0.2) is 0 Å². The Morgan fingerprint density at radius 1 is 1.05 bits per heavy atom. The summed E-state index contributed by atoms with van der Waals surface area (Å²) >= 11 is 6.18. The van der Waals surface area contributed by atoms with Gasteiger partial charge in [0.05, 0.1) is 6.10 Å². The fraction of sp³-hybridized carbons (Fsp3) is 0.333. The molecule has 0 saturated carbocycles. The van der Waals surface area contributed by atoms with Crippen molar-refractivity contribution in [2.75, 3.05) is 19.6 Å². The Bertz CT molecular complexity index is 826. The number of hydrogen-bond donors (Lipinski definition) is 1.